The van der Waals surface area contributed by atoms with Crippen LogP contribution in [0.2, 0.25) is 5.02 Å². The van der Waals surface area contributed by atoms with E-state index in [0.717, 1.165) is 43.1 Å². The van der Waals surface area contributed by atoms with Crippen LogP contribution in [0.5, 0.6) is 0 Å². The van der Waals surface area contributed by atoms with Gasteiger partial charge >= 0.3 is 0 Å². The molecule has 6 nitrogen and oxygen atoms in total. The molecular weight excluding hydrogens is 444 g/mol. The van der Waals surface area contributed by atoms with E-state index in [1.165, 1.54) is 5.56 Å². The molecule has 2 N–H and O–H groups in total. The third kappa shape index (κ3) is 3.07. The maximum Gasteiger partial charge on any atom is 0.149 e. The molecule has 0 amide bonds. The molecule has 2 unspecified atom stereocenters. The molecule has 1 aromatic heterocycles. The van der Waals surface area contributed by atoms with E-state index >= 15 is 0 Å². The van der Waals surface area contributed by atoms with Crippen LogP contribution in [-0.4, -0.2) is 45.3 Å². The van der Waals surface area contributed by atoms with Gasteiger partial charge in [0.25, 0.3) is 0 Å². The Balaban J connectivity index is 1.32. The highest BCUT2D eigenvalue weighted by atomic mass is 35.5. The fourth-order valence-electron chi connectivity index (χ4n) is 5.83. The highest BCUT2D eigenvalue weighted by Gasteiger charge is 2.57. The van der Waals surface area contributed by atoms with Crippen molar-refractivity contribution in [3.8, 4) is 6.07 Å². The number of piperidine rings is 1. The van der Waals surface area contributed by atoms with Crippen LogP contribution in [-0.2, 0) is 17.2 Å². The van der Waals surface area contributed by atoms with Gasteiger partial charge in [0.2, 0.25) is 0 Å². The monoisotopic (exact) mass is 468 g/mol. The van der Waals surface area contributed by atoms with E-state index in [4.69, 9.17) is 16.6 Å². The number of aromatic nitrogens is 1. The number of aryl methyl sites for hydroxylation is 1. The number of pyridine rings is 1. The second kappa shape index (κ2) is 7.44. The van der Waals surface area contributed by atoms with Gasteiger partial charge < -0.3 is 15.3 Å². The molecule has 3 fully saturated rings. The molecule has 1 aromatic carbocycles. The topological polar surface area (TPSA) is 89.2 Å². The van der Waals surface area contributed by atoms with E-state index in [1.54, 1.807) is 0 Å². The first-order chi connectivity index (χ1) is 15.5. The number of aliphatic hydroxyl groups excluding tert-OH is 1. The van der Waals surface area contributed by atoms with Crippen molar-refractivity contribution in [3.63, 3.8) is 0 Å². The third-order valence-corrected chi connectivity index (χ3v) is 9.54. The Labute approximate surface area is 195 Å². The van der Waals surface area contributed by atoms with Crippen LogP contribution in [0.25, 0.3) is 0 Å². The van der Waals surface area contributed by atoms with Gasteiger partial charge in [-0.25, -0.2) is 4.98 Å². The zero-order chi connectivity index (χ0) is 22.0. The van der Waals surface area contributed by atoms with Crippen molar-refractivity contribution in [2.75, 3.05) is 35.7 Å². The first-order valence-electron chi connectivity index (χ1n) is 11.3. The van der Waals surface area contributed by atoms with Gasteiger partial charge in [-0.05, 0) is 54.7 Å². The van der Waals surface area contributed by atoms with Gasteiger partial charge in [-0.15, -0.1) is 0 Å². The summed E-state index contributed by atoms with van der Waals surface area (Å²) in [4.78, 5) is 7.78. The normalized spacial score (nSPS) is 29.1. The lowest BCUT2D eigenvalue weighted by Crippen LogP contribution is -2.48. The van der Waals surface area contributed by atoms with Gasteiger partial charge in [0.15, 0.2) is 0 Å². The van der Waals surface area contributed by atoms with Crippen molar-refractivity contribution in [2.24, 2.45) is 11.8 Å². The molecular formula is C24H25ClN4O2S. The number of nitriles is 1. The minimum Gasteiger partial charge on any atom is -0.394 e. The largest absolute Gasteiger partial charge is 0.394 e. The molecule has 0 spiro atoms. The minimum atomic E-state index is -1.16. The van der Waals surface area contributed by atoms with Gasteiger partial charge in [-0.1, -0.05) is 23.7 Å². The first-order valence-corrected chi connectivity index (χ1v) is 13.0. The summed E-state index contributed by atoms with van der Waals surface area (Å²) in [7, 11) is -1.16. The number of rotatable bonds is 5. The Morgan fingerprint density at radius 1 is 1.28 bits per heavy atom. The molecule has 8 heteroatoms. The Bertz CT molecular complexity index is 1140. The number of benzene rings is 1. The Morgan fingerprint density at radius 3 is 2.59 bits per heavy atom. The number of nitrogens with one attached hydrogen (secondary N) is 1. The van der Waals surface area contributed by atoms with Crippen LogP contribution in [0, 0.1) is 23.2 Å². The summed E-state index contributed by atoms with van der Waals surface area (Å²) in [5.74, 6) is 2.90. The van der Waals surface area contributed by atoms with Crippen molar-refractivity contribution >= 4 is 33.9 Å². The molecule has 3 heterocycles. The van der Waals surface area contributed by atoms with E-state index in [1.807, 2.05) is 12.1 Å². The van der Waals surface area contributed by atoms with E-state index in [9.17, 15) is 14.6 Å². The number of nitrogens with zero attached hydrogens (tertiary/aromatic N) is 3. The molecule has 4 aliphatic rings. The zero-order valence-corrected chi connectivity index (χ0v) is 19.3. The van der Waals surface area contributed by atoms with Gasteiger partial charge in [0.05, 0.1) is 39.2 Å². The van der Waals surface area contributed by atoms with E-state index < -0.39 is 16.3 Å². The second-order valence-electron chi connectivity index (χ2n) is 9.60. The van der Waals surface area contributed by atoms with Crippen LogP contribution in [0.4, 0.5) is 11.5 Å². The molecule has 3 atom stereocenters. The Hall–Kier alpha value is -2.14. The molecule has 2 aliphatic carbocycles. The highest BCUT2D eigenvalue weighted by Crippen LogP contribution is 2.59. The number of anilines is 2. The summed E-state index contributed by atoms with van der Waals surface area (Å²) in [6.45, 7) is 1.74. The van der Waals surface area contributed by atoms with Crippen molar-refractivity contribution in [2.45, 2.75) is 42.0 Å². The quantitative estimate of drug-likeness (QED) is 0.698. The number of aliphatic hydroxyl groups is 1. The average Bonchev–Trinajstić information content (AvgIpc) is 3.08. The zero-order valence-electron chi connectivity index (χ0n) is 17.7. The lowest BCUT2D eigenvalue weighted by atomic mass is 9.77. The highest BCUT2D eigenvalue weighted by molar-refractivity contribution is 7.85. The molecule has 0 radical (unpaired) electrons. The summed E-state index contributed by atoms with van der Waals surface area (Å²) in [6.07, 6.45) is 3.41. The molecule has 166 valence electrons. The average molecular weight is 469 g/mol. The summed E-state index contributed by atoms with van der Waals surface area (Å²) >= 11 is 6.05. The molecule has 2 aliphatic heterocycles. The van der Waals surface area contributed by atoms with Crippen LogP contribution in [0.3, 0.4) is 0 Å². The third-order valence-electron chi connectivity index (χ3n) is 7.82. The standard InChI is InChI=1S/C24H25ClN4O2S/c25-15-4-2-14(3-5-15)20-17-11-29(12-18(17)20)23-16(10-26)21(28-24(13-30)7-1-8-24)22-19(27-23)6-9-32(22)31/h2-5,17-18,20,30H,1,6-9,11-13H2,(H,27,28)/t17?,18?,20?,32-/m0/s1. The van der Waals surface area contributed by atoms with Crippen LogP contribution < -0.4 is 10.2 Å². The molecule has 32 heavy (non-hydrogen) atoms. The van der Waals surface area contributed by atoms with Crippen molar-refractivity contribution in [1.82, 2.24) is 4.98 Å². The lowest BCUT2D eigenvalue weighted by molar-refractivity contribution is 0.144. The molecule has 2 aromatic rings. The van der Waals surface area contributed by atoms with Crippen molar-refractivity contribution in [3.05, 3.63) is 46.1 Å². The SMILES string of the molecule is N#Cc1c(N2CC3C(C2)C3c2ccc(Cl)cc2)nc2c(c1NC1(CO)CCC1)[S@@](=O)CC2. The fraction of sp³-hybridized carbons (Fsp3) is 0.500. The van der Waals surface area contributed by atoms with E-state index in [0.29, 0.717) is 51.9 Å². The number of halogens is 1. The second-order valence-corrected chi connectivity index (χ2v) is 11.5. The summed E-state index contributed by atoms with van der Waals surface area (Å²) in [5, 5.41) is 24.4. The Kier molecular flexibility index (Phi) is 4.76. The van der Waals surface area contributed by atoms with Crippen LogP contribution >= 0.6 is 11.6 Å². The van der Waals surface area contributed by atoms with Crippen molar-refractivity contribution in [1.29, 1.82) is 5.26 Å². The number of fused-ring (bicyclic) bond motifs is 2. The predicted octanol–water partition coefficient (Wildman–Crippen LogP) is 3.45. The predicted molar refractivity (Wildman–Crippen MR) is 125 cm³/mol. The Morgan fingerprint density at radius 2 is 2.00 bits per heavy atom. The maximum absolute atomic E-state index is 12.8. The van der Waals surface area contributed by atoms with Crippen LogP contribution in [0.1, 0.15) is 42.0 Å². The molecule has 1 saturated heterocycles. The minimum absolute atomic E-state index is 0.00751. The maximum atomic E-state index is 12.8. The molecule has 6 rings (SSSR count). The summed E-state index contributed by atoms with van der Waals surface area (Å²) in [6, 6.07) is 10.5. The first kappa shape index (κ1) is 20.5. The van der Waals surface area contributed by atoms with Gasteiger partial charge in [0.1, 0.15) is 17.5 Å². The summed E-state index contributed by atoms with van der Waals surface area (Å²) in [5.41, 5.74) is 2.87. The fourth-order valence-corrected chi connectivity index (χ4v) is 7.33. The number of hydrogen-bond donors (Lipinski definition) is 2. The van der Waals surface area contributed by atoms with E-state index in [2.05, 4.69) is 28.4 Å². The molecule has 2 saturated carbocycles. The van der Waals surface area contributed by atoms with E-state index in [-0.39, 0.29) is 6.61 Å². The van der Waals surface area contributed by atoms with Crippen molar-refractivity contribution < 1.29 is 9.32 Å². The van der Waals surface area contributed by atoms with Gasteiger partial charge in [-0.2, -0.15) is 5.26 Å². The smallest absolute Gasteiger partial charge is 0.149 e. The van der Waals surface area contributed by atoms with Crippen LogP contribution in [0.15, 0.2) is 29.2 Å². The number of hydrogen-bond acceptors (Lipinski definition) is 6. The van der Waals surface area contributed by atoms with Gasteiger partial charge in [0, 0.05) is 30.3 Å². The molecule has 0 bridgehead atoms. The summed E-state index contributed by atoms with van der Waals surface area (Å²) < 4.78 is 12.8. The lowest BCUT2D eigenvalue weighted by Gasteiger charge is -2.42. The van der Waals surface area contributed by atoms with Gasteiger partial charge in [-0.3, -0.25) is 4.21 Å².